The molecule has 2 heterocycles. The molecule has 3 rings (SSSR count). The number of hydrogen-bond acceptors (Lipinski definition) is 6. The quantitative estimate of drug-likeness (QED) is 0.657. The molecule has 0 aromatic carbocycles. The molecule has 0 aliphatic heterocycles. The Kier molecular flexibility index (Phi) is 3.27. The van der Waals surface area contributed by atoms with Crippen LogP contribution in [0.5, 0.6) is 5.88 Å². The molecule has 0 spiro atoms. The average molecular weight is 297 g/mol. The third-order valence-electron chi connectivity index (χ3n) is 2.78. The van der Waals surface area contributed by atoms with Gasteiger partial charge in [0.2, 0.25) is 11.0 Å². The lowest BCUT2D eigenvalue weighted by atomic mass is 10.0. The molecule has 0 radical (unpaired) electrons. The first-order valence-electron chi connectivity index (χ1n) is 5.67. The minimum atomic E-state index is 0.0788. The van der Waals surface area contributed by atoms with Gasteiger partial charge in [0.25, 0.3) is 0 Å². The topological polar surface area (TPSA) is 61.3 Å². The van der Waals surface area contributed by atoms with E-state index in [0.29, 0.717) is 8.83 Å². The number of aromatic nitrogens is 2. The van der Waals surface area contributed by atoms with E-state index in [-0.39, 0.29) is 5.88 Å². The van der Waals surface area contributed by atoms with E-state index in [1.54, 1.807) is 17.6 Å². The van der Waals surface area contributed by atoms with Gasteiger partial charge in [-0.2, -0.15) is 0 Å². The molecule has 7 heteroatoms. The number of thiazole rings is 2. The van der Waals surface area contributed by atoms with Gasteiger partial charge in [0.1, 0.15) is 4.88 Å². The second-order valence-electron chi connectivity index (χ2n) is 4.06. The van der Waals surface area contributed by atoms with Gasteiger partial charge < -0.3 is 10.1 Å². The van der Waals surface area contributed by atoms with Crippen molar-refractivity contribution in [2.75, 3.05) is 0 Å². The Morgan fingerprint density at radius 2 is 2.17 bits per heavy atom. The summed E-state index contributed by atoms with van der Waals surface area (Å²) in [6.45, 7) is 0. The number of aliphatic imine (C=N–C) groups is 1. The highest BCUT2D eigenvalue weighted by molar-refractivity contribution is 7.73. The molecule has 0 bridgehead atoms. The van der Waals surface area contributed by atoms with Gasteiger partial charge in [0.05, 0.1) is 11.9 Å². The summed E-state index contributed by atoms with van der Waals surface area (Å²) in [4.78, 5) is 13.5. The van der Waals surface area contributed by atoms with Gasteiger partial charge in [0.15, 0.2) is 3.95 Å². The number of nitrogens with one attached hydrogen (secondary N) is 1. The highest BCUT2D eigenvalue weighted by atomic mass is 32.1. The standard InChI is InChI=1S/C11H11N3OS3/c15-9-8(18-11(16)14-9)5-12-10-13-6-3-1-2-4-7(6)17-10/h5,15H,1-4H2,(H,14,16)/b12-5+. The van der Waals surface area contributed by atoms with E-state index in [4.69, 9.17) is 12.2 Å². The summed E-state index contributed by atoms with van der Waals surface area (Å²) in [6, 6.07) is 0. The van der Waals surface area contributed by atoms with Crippen molar-refractivity contribution < 1.29 is 5.11 Å². The van der Waals surface area contributed by atoms with Crippen LogP contribution in [-0.4, -0.2) is 21.3 Å². The van der Waals surface area contributed by atoms with Crippen LogP contribution in [-0.2, 0) is 12.8 Å². The van der Waals surface area contributed by atoms with E-state index in [1.807, 2.05) is 0 Å². The largest absolute Gasteiger partial charge is 0.494 e. The van der Waals surface area contributed by atoms with E-state index in [9.17, 15) is 5.11 Å². The third-order valence-corrected chi connectivity index (χ3v) is 5.01. The number of H-pyrrole nitrogens is 1. The molecular formula is C11H11N3OS3. The van der Waals surface area contributed by atoms with Gasteiger partial charge >= 0.3 is 0 Å². The first-order chi connectivity index (χ1) is 8.72. The summed E-state index contributed by atoms with van der Waals surface area (Å²) in [6.07, 6.45) is 6.28. The zero-order valence-corrected chi connectivity index (χ0v) is 11.9. The van der Waals surface area contributed by atoms with E-state index in [1.165, 1.54) is 34.7 Å². The molecule has 0 unspecified atom stereocenters. The van der Waals surface area contributed by atoms with Crippen molar-refractivity contribution in [3.8, 4) is 5.88 Å². The van der Waals surface area contributed by atoms with Gasteiger partial charge in [-0.25, -0.2) is 9.98 Å². The first-order valence-corrected chi connectivity index (χ1v) is 7.71. The lowest BCUT2D eigenvalue weighted by Crippen LogP contribution is -1.98. The highest BCUT2D eigenvalue weighted by Gasteiger charge is 2.14. The Morgan fingerprint density at radius 3 is 2.89 bits per heavy atom. The van der Waals surface area contributed by atoms with Crippen LogP contribution in [0.1, 0.15) is 28.3 Å². The van der Waals surface area contributed by atoms with E-state index in [2.05, 4.69) is 15.0 Å². The molecule has 0 amide bonds. The summed E-state index contributed by atoms with van der Waals surface area (Å²) in [5, 5.41) is 10.3. The Labute approximate surface area is 117 Å². The van der Waals surface area contributed by atoms with Crippen molar-refractivity contribution in [2.45, 2.75) is 25.7 Å². The second kappa shape index (κ2) is 4.91. The van der Waals surface area contributed by atoms with Crippen LogP contribution in [0.15, 0.2) is 4.99 Å². The molecule has 2 N–H and O–H groups in total. The van der Waals surface area contributed by atoms with Crippen LogP contribution < -0.4 is 0 Å². The molecule has 0 atom stereocenters. The zero-order valence-electron chi connectivity index (χ0n) is 9.47. The summed E-state index contributed by atoms with van der Waals surface area (Å²) in [5.74, 6) is 0.0788. The Morgan fingerprint density at radius 1 is 1.33 bits per heavy atom. The molecule has 94 valence electrons. The predicted octanol–water partition coefficient (Wildman–Crippen LogP) is 3.60. The van der Waals surface area contributed by atoms with Gasteiger partial charge in [0, 0.05) is 4.88 Å². The molecule has 1 aliphatic rings. The fourth-order valence-electron chi connectivity index (χ4n) is 1.93. The van der Waals surface area contributed by atoms with E-state index < -0.39 is 0 Å². The van der Waals surface area contributed by atoms with Gasteiger partial charge in [-0.3, -0.25) is 0 Å². The summed E-state index contributed by atoms with van der Waals surface area (Å²) in [7, 11) is 0. The number of rotatable bonds is 2. The molecule has 1 aliphatic carbocycles. The second-order valence-corrected chi connectivity index (χ2v) is 6.84. The van der Waals surface area contributed by atoms with E-state index >= 15 is 0 Å². The fraction of sp³-hybridized carbons (Fsp3) is 0.364. The van der Waals surface area contributed by atoms with Crippen molar-refractivity contribution in [3.05, 3.63) is 19.4 Å². The molecular weight excluding hydrogens is 286 g/mol. The number of fused-ring (bicyclic) bond motifs is 1. The highest BCUT2D eigenvalue weighted by Crippen LogP contribution is 2.31. The average Bonchev–Trinajstić information content (AvgIpc) is 2.89. The minimum absolute atomic E-state index is 0.0788. The molecule has 4 nitrogen and oxygen atoms in total. The van der Waals surface area contributed by atoms with Crippen LogP contribution in [0, 0.1) is 3.95 Å². The Balaban J connectivity index is 1.86. The normalized spacial score (nSPS) is 15.1. The molecule has 0 saturated carbocycles. The van der Waals surface area contributed by atoms with Crippen LogP contribution >= 0.6 is 34.9 Å². The smallest absolute Gasteiger partial charge is 0.209 e. The zero-order chi connectivity index (χ0) is 12.5. The lowest BCUT2D eigenvalue weighted by molar-refractivity contribution is 0.456. The maximum Gasteiger partial charge on any atom is 0.209 e. The molecule has 2 aromatic heterocycles. The summed E-state index contributed by atoms with van der Waals surface area (Å²) < 4.78 is 0.549. The maximum absolute atomic E-state index is 9.55. The minimum Gasteiger partial charge on any atom is -0.494 e. The number of aromatic hydroxyl groups is 1. The summed E-state index contributed by atoms with van der Waals surface area (Å²) >= 11 is 7.90. The van der Waals surface area contributed by atoms with Gasteiger partial charge in [-0.15, -0.1) is 0 Å². The fourth-order valence-corrected chi connectivity index (χ4v) is 3.89. The molecule has 18 heavy (non-hydrogen) atoms. The van der Waals surface area contributed by atoms with Gasteiger partial charge in [-0.1, -0.05) is 22.7 Å². The molecule has 0 saturated heterocycles. The Bertz CT molecular complexity index is 629. The van der Waals surface area contributed by atoms with Gasteiger partial charge in [-0.05, 0) is 37.9 Å². The first kappa shape index (κ1) is 12.0. The number of aryl methyl sites for hydroxylation is 2. The monoisotopic (exact) mass is 297 g/mol. The van der Waals surface area contributed by atoms with Crippen LogP contribution in [0.4, 0.5) is 5.13 Å². The van der Waals surface area contributed by atoms with E-state index in [0.717, 1.165) is 18.0 Å². The predicted molar refractivity (Wildman–Crippen MR) is 77.2 cm³/mol. The van der Waals surface area contributed by atoms with Crippen LogP contribution in [0.3, 0.4) is 0 Å². The van der Waals surface area contributed by atoms with Crippen LogP contribution in [0.2, 0.25) is 0 Å². The van der Waals surface area contributed by atoms with Crippen molar-refractivity contribution in [2.24, 2.45) is 4.99 Å². The molecule has 0 fully saturated rings. The number of aromatic amines is 1. The van der Waals surface area contributed by atoms with Crippen molar-refractivity contribution in [1.82, 2.24) is 9.97 Å². The summed E-state index contributed by atoms with van der Waals surface area (Å²) in [5.41, 5.74) is 1.20. The molecule has 2 aromatic rings. The number of nitrogens with zero attached hydrogens (tertiary/aromatic N) is 2. The SMILES string of the molecule is Oc1[nH]c(=S)sc1/C=N/c1nc2c(s1)CCCC2. The number of hydrogen-bond donors (Lipinski definition) is 2. The van der Waals surface area contributed by atoms with Crippen molar-refractivity contribution in [3.63, 3.8) is 0 Å². The Hall–Kier alpha value is -1.05. The van der Waals surface area contributed by atoms with Crippen molar-refractivity contribution >= 4 is 46.2 Å². The van der Waals surface area contributed by atoms with Crippen molar-refractivity contribution in [1.29, 1.82) is 0 Å². The maximum atomic E-state index is 9.55. The van der Waals surface area contributed by atoms with Crippen LogP contribution in [0.25, 0.3) is 0 Å². The lowest BCUT2D eigenvalue weighted by Gasteiger charge is -2.06. The third kappa shape index (κ3) is 2.38.